The first-order chi connectivity index (χ1) is 12.7. The number of nitrogens with one attached hydrogen (secondary N) is 1. The van der Waals surface area contributed by atoms with Crippen molar-refractivity contribution in [3.63, 3.8) is 0 Å². The molecule has 0 radical (unpaired) electrons. The Morgan fingerprint density at radius 1 is 1.04 bits per heavy atom. The minimum atomic E-state index is -3.93. The van der Waals surface area contributed by atoms with Crippen LogP contribution in [0.1, 0.15) is 10.4 Å². The summed E-state index contributed by atoms with van der Waals surface area (Å²) in [5.74, 6) is -0.679. The molecule has 0 aliphatic rings. The van der Waals surface area contributed by atoms with Crippen molar-refractivity contribution in [2.24, 2.45) is 0 Å². The number of carbonyl (C=O) groups is 2. The van der Waals surface area contributed by atoms with Crippen molar-refractivity contribution in [3.05, 3.63) is 54.1 Å². The molecule has 0 unspecified atom stereocenters. The topological polar surface area (TPSA) is 102 Å². The Morgan fingerprint density at radius 2 is 1.67 bits per heavy atom. The fourth-order valence-electron chi connectivity index (χ4n) is 2.04. The van der Waals surface area contributed by atoms with Crippen molar-refractivity contribution >= 4 is 27.6 Å². The van der Waals surface area contributed by atoms with E-state index < -0.39 is 22.6 Å². The van der Waals surface area contributed by atoms with E-state index in [2.05, 4.69) is 4.72 Å². The monoisotopic (exact) mass is 392 g/mol. The van der Waals surface area contributed by atoms with Crippen molar-refractivity contribution in [3.8, 4) is 5.75 Å². The normalized spacial score (nSPS) is 10.8. The number of rotatable bonds is 7. The molecule has 2 aromatic carbocycles. The number of nitrogens with zero attached hydrogens (tertiary/aromatic N) is 1. The quantitative estimate of drug-likeness (QED) is 0.720. The summed E-state index contributed by atoms with van der Waals surface area (Å²) in [6, 6.07) is 11.8. The van der Waals surface area contributed by atoms with Crippen molar-refractivity contribution in [1.82, 2.24) is 4.90 Å². The van der Waals surface area contributed by atoms with Gasteiger partial charge in [0.2, 0.25) is 0 Å². The molecule has 0 saturated carbocycles. The van der Waals surface area contributed by atoms with Gasteiger partial charge in [0.25, 0.3) is 15.9 Å². The highest BCUT2D eigenvalue weighted by Gasteiger charge is 2.20. The van der Waals surface area contributed by atoms with Crippen molar-refractivity contribution in [2.45, 2.75) is 4.90 Å². The lowest BCUT2D eigenvalue weighted by Gasteiger charge is -2.13. The lowest BCUT2D eigenvalue weighted by molar-refractivity contribution is -0.131. The van der Waals surface area contributed by atoms with Crippen LogP contribution in [0.5, 0.6) is 5.75 Å². The van der Waals surface area contributed by atoms with Gasteiger partial charge < -0.3 is 14.4 Å². The summed E-state index contributed by atoms with van der Waals surface area (Å²) in [4.78, 5) is 25.1. The number of anilines is 1. The second-order valence-corrected chi connectivity index (χ2v) is 7.37. The van der Waals surface area contributed by atoms with E-state index in [1.54, 1.807) is 12.1 Å². The Labute approximate surface area is 157 Å². The van der Waals surface area contributed by atoms with Crippen LogP contribution in [0.4, 0.5) is 5.69 Å². The SMILES string of the molecule is COc1ccc(S(=O)(=O)Nc2ccccc2C(=O)OCC(=O)N(C)C)cc1. The average Bonchev–Trinajstić information content (AvgIpc) is 2.65. The van der Waals surface area contributed by atoms with Gasteiger partial charge in [-0.3, -0.25) is 9.52 Å². The van der Waals surface area contributed by atoms with Crippen LogP contribution in [0.3, 0.4) is 0 Å². The Balaban J connectivity index is 2.21. The maximum Gasteiger partial charge on any atom is 0.340 e. The smallest absolute Gasteiger partial charge is 0.340 e. The number of methoxy groups -OCH3 is 1. The number of ether oxygens (including phenoxy) is 2. The van der Waals surface area contributed by atoms with E-state index in [0.717, 1.165) is 0 Å². The molecule has 1 N–H and O–H groups in total. The van der Waals surface area contributed by atoms with Gasteiger partial charge in [-0.05, 0) is 36.4 Å². The lowest BCUT2D eigenvalue weighted by atomic mass is 10.2. The largest absolute Gasteiger partial charge is 0.497 e. The molecule has 2 aromatic rings. The molecule has 2 rings (SSSR count). The van der Waals surface area contributed by atoms with Crippen LogP contribution in [0.2, 0.25) is 0 Å². The van der Waals surface area contributed by atoms with Crippen molar-refractivity contribution in [2.75, 3.05) is 32.5 Å². The Kier molecular flexibility index (Phi) is 6.40. The molecule has 0 bridgehead atoms. The molecule has 27 heavy (non-hydrogen) atoms. The summed E-state index contributed by atoms with van der Waals surface area (Å²) < 4.78 is 37.5. The molecule has 8 nitrogen and oxygen atoms in total. The summed E-state index contributed by atoms with van der Waals surface area (Å²) in [7, 11) is 0.619. The van der Waals surface area contributed by atoms with Crippen molar-refractivity contribution in [1.29, 1.82) is 0 Å². The summed E-state index contributed by atoms with van der Waals surface area (Å²) in [5, 5.41) is 0. The molecule has 0 aliphatic carbocycles. The number of para-hydroxylation sites is 1. The number of benzene rings is 2. The maximum atomic E-state index is 12.6. The predicted octanol–water partition coefficient (Wildman–Crippen LogP) is 1.74. The molecule has 0 atom stereocenters. The zero-order valence-corrected chi connectivity index (χ0v) is 15.9. The van der Waals surface area contributed by atoms with Crippen LogP contribution < -0.4 is 9.46 Å². The first kappa shape index (κ1) is 20.2. The maximum absolute atomic E-state index is 12.6. The van der Waals surface area contributed by atoms with Gasteiger partial charge in [-0.15, -0.1) is 0 Å². The molecule has 0 aromatic heterocycles. The molecule has 0 saturated heterocycles. The van der Waals surface area contributed by atoms with E-state index >= 15 is 0 Å². The molecular weight excluding hydrogens is 372 g/mol. The summed E-state index contributed by atoms with van der Waals surface area (Å²) in [6.07, 6.45) is 0. The van der Waals surface area contributed by atoms with E-state index in [1.165, 1.54) is 62.5 Å². The molecule has 0 spiro atoms. The predicted molar refractivity (Wildman–Crippen MR) is 99.2 cm³/mol. The van der Waals surface area contributed by atoms with Gasteiger partial charge >= 0.3 is 5.97 Å². The number of hydrogen-bond donors (Lipinski definition) is 1. The van der Waals surface area contributed by atoms with Gasteiger partial charge in [0.05, 0.1) is 23.3 Å². The van der Waals surface area contributed by atoms with Crippen LogP contribution in [-0.2, 0) is 19.6 Å². The second-order valence-electron chi connectivity index (χ2n) is 5.69. The zero-order valence-electron chi connectivity index (χ0n) is 15.1. The third kappa shape index (κ3) is 5.20. The highest BCUT2D eigenvalue weighted by Crippen LogP contribution is 2.22. The number of carbonyl (C=O) groups excluding carboxylic acids is 2. The van der Waals surface area contributed by atoms with E-state index in [4.69, 9.17) is 9.47 Å². The standard InChI is InChI=1S/C18H20N2O6S/c1-20(2)17(21)12-26-18(22)15-6-4-5-7-16(15)19-27(23,24)14-10-8-13(25-3)9-11-14/h4-11,19H,12H2,1-3H3. The molecule has 0 fully saturated rings. The van der Waals surface area contributed by atoms with Gasteiger partial charge in [0, 0.05) is 14.1 Å². The molecule has 144 valence electrons. The third-order valence-corrected chi connectivity index (χ3v) is 4.97. The van der Waals surface area contributed by atoms with E-state index in [9.17, 15) is 18.0 Å². The molecule has 0 aliphatic heterocycles. The number of amides is 1. The van der Waals surface area contributed by atoms with Gasteiger partial charge in [-0.1, -0.05) is 12.1 Å². The lowest BCUT2D eigenvalue weighted by Crippen LogP contribution is -2.27. The molecule has 1 amide bonds. The summed E-state index contributed by atoms with van der Waals surface area (Å²) >= 11 is 0. The van der Waals surface area contributed by atoms with E-state index in [-0.39, 0.29) is 22.1 Å². The van der Waals surface area contributed by atoms with Gasteiger partial charge in [-0.2, -0.15) is 0 Å². The number of hydrogen-bond acceptors (Lipinski definition) is 6. The van der Waals surface area contributed by atoms with E-state index in [1.807, 2.05) is 0 Å². The Morgan fingerprint density at radius 3 is 2.26 bits per heavy atom. The molecule has 9 heteroatoms. The van der Waals surface area contributed by atoms with Crippen LogP contribution in [0, 0.1) is 0 Å². The fourth-order valence-corrected chi connectivity index (χ4v) is 3.12. The number of sulfonamides is 1. The van der Waals surface area contributed by atoms with E-state index in [0.29, 0.717) is 5.75 Å². The summed E-state index contributed by atoms with van der Waals surface area (Å²) in [5.41, 5.74) is 0.0526. The average molecular weight is 392 g/mol. The number of likely N-dealkylation sites (N-methyl/N-ethyl adjacent to an activating group) is 1. The summed E-state index contributed by atoms with van der Waals surface area (Å²) in [6.45, 7) is -0.439. The Bertz CT molecular complexity index is 923. The van der Waals surface area contributed by atoms with Crippen LogP contribution in [-0.4, -0.2) is 53.0 Å². The zero-order chi connectivity index (χ0) is 20.0. The Hall–Kier alpha value is -3.07. The molecule has 0 heterocycles. The third-order valence-electron chi connectivity index (χ3n) is 3.59. The fraction of sp³-hybridized carbons (Fsp3) is 0.222. The highest BCUT2D eigenvalue weighted by molar-refractivity contribution is 7.92. The first-order valence-corrected chi connectivity index (χ1v) is 9.36. The van der Waals surface area contributed by atoms with Crippen LogP contribution in [0.25, 0.3) is 0 Å². The van der Waals surface area contributed by atoms with Crippen molar-refractivity contribution < 1.29 is 27.5 Å². The van der Waals surface area contributed by atoms with Crippen LogP contribution in [0.15, 0.2) is 53.4 Å². The van der Waals surface area contributed by atoms with Gasteiger partial charge in [0.1, 0.15) is 5.75 Å². The minimum absolute atomic E-state index is 0.00106. The van der Waals surface area contributed by atoms with Gasteiger partial charge in [0.15, 0.2) is 6.61 Å². The van der Waals surface area contributed by atoms with Gasteiger partial charge in [-0.25, -0.2) is 13.2 Å². The second kappa shape index (κ2) is 8.54. The van der Waals surface area contributed by atoms with Crippen LogP contribution >= 0.6 is 0 Å². The first-order valence-electron chi connectivity index (χ1n) is 7.88. The number of esters is 1. The molecular formula is C18H20N2O6S. The highest BCUT2D eigenvalue weighted by atomic mass is 32.2. The minimum Gasteiger partial charge on any atom is -0.497 e.